The molecule has 1 atom stereocenters. The summed E-state index contributed by atoms with van der Waals surface area (Å²) >= 11 is 0. The zero-order chi connectivity index (χ0) is 14.7. The minimum Gasteiger partial charge on any atom is -0.355 e. The number of hydrogen-bond acceptors (Lipinski definition) is 3. The molecule has 0 bridgehead atoms. The molecule has 114 valence electrons. The van der Waals surface area contributed by atoms with Gasteiger partial charge in [0.2, 0.25) is 5.91 Å². The van der Waals surface area contributed by atoms with Crippen molar-refractivity contribution in [1.29, 1.82) is 0 Å². The van der Waals surface area contributed by atoms with Gasteiger partial charge in [-0.2, -0.15) is 0 Å². The topological polar surface area (TPSA) is 44.4 Å². The zero-order valence-corrected chi connectivity index (χ0v) is 12.8. The van der Waals surface area contributed by atoms with Gasteiger partial charge in [0.05, 0.1) is 0 Å². The number of carbonyl (C=O) groups excluding carboxylic acids is 1. The average molecular weight is 287 g/mol. The number of nitrogens with zero attached hydrogens (tertiary/aromatic N) is 1. The van der Waals surface area contributed by atoms with Crippen molar-refractivity contribution in [2.75, 3.05) is 26.2 Å². The van der Waals surface area contributed by atoms with Crippen LogP contribution in [0.3, 0.4) is 0 Å². The Balaban J connectivity index is 1.68. The maximum atomic E-state index is 12.2. The normalized spacial score (nSPS) is 23.0. The van der Waals surface area contributed by atoms with Crippen LogP contribution < -0.4 is 10.6 Å². The van der Waals surface area contributed by atoms with E-state index < -0.39 is 0 Å². The van der Waals surface area contributed by atoms with Crippen molar-refractivity contribution >= 4 is 5.91 Å². The Morgan fingerprint density at radius 2 is 2.29 bits per heavy atom. The van der Waals surface area contributed by atoms with Crippen LogP contribution in [0.15, 0.2) is 24.3 Å². The van der Waals surface area contributed by atoms with Gasteiger partial charge in [0, 0.05) is 32.7 Å². The summed E-state index contributed by atoms with van der Waals surface area (Å²) in [5.74, 6) is 0.926. The molecule has 2 N–H and O–H groups in total. The predicted octanol–water partition coefficient (Wildman–Crippen LogP) is 1.47. The van der Waals surface area contributed by atoms with Gasteiger partial charge in [-0.1, -0.05) is 24.3 Å². The van der Waals surface area contributed by atoms with Crippen LogP contribution in [0.25, 0.3) is 0 Å². The third-order valence-electron chi connectivity index (χ3n) is 4.39. The van der Waals surface area contributed by atoms with Crippen molar-refractivity contribution in [1.82, 2.24) is 15.5 Å². The Kier molecular flexibility index (Phi) is 4.56. The van der Waals surface area contributed by atoms with E-state index in [0.29, 0.717) is 6.54 Å². The molecule has 21 heavy (non-hydrogen) atoms. The quantitative estimate of drug-likeness (QED) is 0.862. The minimum absolute atomic E-state index is 0.0525. The standard InChI is InChI=1S/C17H25N3O/c1-2-19-17(21)16-11-18-8-9-20(16)12-13-4-3-5-15(10-13)14-6-7-14/h3-5,10,14,16,18H,2,6-9,11-12H2,1H3,(H,19,21). The number of nitrogens with one attached hydrogen (secondary N) is 2. The monoisotopic (exact) mass is 287 g/mol. The SMILES string of the molecule is CCNC(=O)C1CNCCN1Cc1cccc(C2CC2)c1. The summed E-state index contributed by atoms with van der Waals surface area (Å²) in [4.78, 5) is 14.5. The first-order valence-electron chi connectivity index (χ1n) is 8.09. The molecule has 1 aromatic carbocycles. The summed E-state index contributed by atoms with van der Waals surface area (Å²) < 4.78 is 0. The van der Waals surface area contributed by atoms with Gasteiger partial charge >= 0.3 is 0 Å². The zero-order valence-electron chi connectivity index (χ0n) is 12.8. The fourth-order valence-corrected chi connectivity index (χ4v) is 3.08. The molecule has 1 saturated heterocycles. The molecule has 1 heterocycles. The van der Waals surface area contributed by atoms with Crippen LogP contribution in [0.2, 0.25) is 0 Å². The van der Waals surface area contributed by atoms with Crippen LogP contribution in [0.1, 0.15) is 36.8 Å². The summed E-state index contributed by atoms with van der Waals surface area (Å²) in [5.41, 5.74) is 2.80. The number of rotatable bonds is 5. The average Bonchev–Trinajstić information content (AvgIpc) is 3.33. The summed E-state index contributed by atoms with van der Waals surface area (Å²) in [7, 11) is 0. The highest BCUT2D eigenvalue weighted by atomic mass is 16.2. The van der Waals surface area contributed by atoms with E-state index in [1.165, 1.54) is 24.0 Å². The van der Waals surface area contributed by atoms with E-state index in [4.69, 9.17) is 0 Å². The first-order valence-corrected chi connectivity index (χ1v) is 8.09. The lowest BCUT2D eigenvalue weighted by Gasteiger charge is -2.35. The first-order chi connectivity index (χ1) is 10.3. The lowest BCUT2D eigenvalue weighted by molar-refractivity contribution is -0.127. The number of hydrogen-bond donors (Lipinski definition) is 2. The third kappa shape index (κ3) is 3.63. The smallest absolute Gasteiger partial charge is 0.238 e. The van der Waals surface area contributed by atoms with Crippen molar-refractivity contribution in [2.45, 2.75) is 38.3 Å². The Morgan fingerprint density at radius 3 is 3.05 bits per heavy atom. The second kappa shape index (κ2) is 6.58. The number of carbonyl (C=O) groups is 1. The Morgan fingerprint density at radius 1 is 1.43 bits per heavy atom. The van der Waals surface area contributed by atoms with Crippen molar-refractivity contribution < 1.29 is 4.79 Å². The molecule has 0 aromatic heterocycles. The Bertz CT molecular complexity index is 499. The van der Waals surface area contributed by atoms with Crippen LogP contribution in [0, 0.1) is 0 Å². The maximum Gasteiger partial charge on any atom is 0.238 e. The summed E-state index contributed by atoms with van der Waals surface area (Å²) in [5, 5.41) is 6.28. The number of likely N-dealkylation sites (N-methyl/N-ethyl adjacent to an activating group) is 1. The number of amides is 1. The molecule has 2 aliphatic rings. The summed E-state index contributed by atoms with van der Waals surface area (Å²) in [6.07, 6.45) is 2.66. The predicted molar refractivity (Wildman–Crippen MR) is 84.2 cm³/mol. The van der Waals surface area contributed by atoms with Crippen LogP contribution in [-0.2, 0) is 11.3 Å². The van der Waals surface area contributed by atoms with E-state index in [9.17, 15) is 4.79 Å². The van der Waals surface area contributed by atoms with Gasteiger partial charge in [-0.3, -0.25) is 9.69 Å². The van der Waals surface area contributed by atoms with E-state index in [0.717, 1.165) is 32.1 Å². The van der Waals surface area contributed by atoms with E-state index in [-0.39, 0.29) is 11.9 Å². The van der Waals surface area contributed by atoms with Crippen molar-refractivity contribution in [3.05, 3.63) is 35.4 Å². The van der Waals surface area contributed by atoms with Crippen molar-refractivity contribution in [2.24, 2.45) is 0 Å². The largest absolute Gasteiger partial charge is 0.355 e. The van der Waals surface area contributed by atoms with E-state index in [1.54, 1.807) is 0 Å². The third-order valence-corrected chi connectivity index (χ3v) is 4.39. The van der Waals surface area contributed by atoms with Crippen molar-refractivity contribution in [3.63, 3.8) is 0 Å². The molecule has 4 heteroatoms. The molecule has 3 rings (SSSR count). The molecule has 1 aromatic rings. The van der Waals surface area contributed by atoms with Crippen LogP contribution in [0.4, 0.5) is 0 Å². The molecule has 0 radical (unpaired) electrons. The molecule has 2 fully saturated rings. The second-order valence-electron chi connectivity index (χ2n) is 6.10. The van der Waals surface area contributed by atoms with Gasteiger partial charge in [-0.25, -0.2) is 0 Å². The molecular formula is C17H25N3O. The van der Waals surface area contributed by atoms with Crippen LogP contribution >= 0.6 is 0 Å². The van der Waals surface area contributed by atoms with E-state index >= 15 is 0 Å². The van der Waals surface area contributed by atoms with E-state index in [1.807, 2.05) is 6.92 Å². The molecule has 1 unspecified atom stereocenters. The highest BCUT2D eigenvalue weighted by Gasteiger charge is 2.28. The molecule has 0 spiro atoms. The minimum atomic E-state index is -0.0525. The lowest BCUT2D eigenvalue weighted by atomic mass is 10.1. The summed E-state index contributed by atoms with van der Waals surface area (Å²) in [6, 6.07) is 8.85. The highest BCUT2D eigenvalue weighted by Crippen LogP contribution is 2.40. The fraction of sp³-hybridized carbons (Fsp3) is 0.588. The van der Waals surface area contributed by atoms with Gasteiger partial charge in [-0.05, 0) is 36.8 Å². The molecule has 1 saturated carbocycles. The van der Waals surface area contributed by atoms with Crippen LogP contribution in [0.5, 0.6) is 0 Å². The molecule has 1 aliphatic heterocycles. The second-order valence-corrected chi connectivity index (χ2v) is 6.10. The lowest BCUT2D eigenvalue weighted by Crippen LogP contribution is -2.57. The maximum absolute atomic E-state index is 12.2. The van der Waals surface area contributed by atoms with Crippen molar-refractivity contribution in [3.8, 4) is 0 Å². The summed E-state index contributed by atoms with van der Waals surface area (Å²) in [6.45, 7) is 6.16. The molecule has 4 nitrogen and oxygen atoms in total. The molecule has 1 aliphatic carbocycles. The molecule has 1 amide bonds. The number of piperazine rings is 1. The number of benzene rings is 1. The Labute approximate surface area is 126 Å². The van der Waals surface area contributed by atoms with E-state index in [2.05, 4.69) is 39.8 Å². The first kappa shape index (κ1) is 14.5. The van der Waals surface area contributed by atoms with Crippen LogP contribution in [-0.4, -0.2) is 43.0 Å². The van der Waals surface area contributed by atoms with Gasteiger partial charge < -0.3 is 10.6 Å². The van der Waals surface area contributed by atoms with Gasteiger partial charge in [0.1, 0.15) is 6.04 Å². The van der Waals surface area contributed by atoms with Gasteiger partial charge in [0.25, 0.3) is 0 Å². The fourth-order valence-electron chi connectivity index (χ4n) is 3.08. The highest BCUT2D eigenvalue weighted by molar-refractivity contribution is 5.82. The van der Waals surface area contributed by atoms with Gasteiger partial charge in [-0.15, -0.1) is 0 Å². The Hall–Kier alpha value is -1.39. The molecular weight excluding hydrogens is 262 g/mol. The van der Waals surface area contributed by atoms with Gasteiger partial charge in [0.15, 0.2) is 0 Å².